The van der Waals surface area contributed by atoms with Crippen molar-refractivity contribution in [2.24, 2.45) is 5.92 Å². The van der Waals surface area contributed by atoms with Gasteiger partial charge in [0.25, 0.3) is 11.5 Å². The van der Waals surface area contributed by atoms with Gasteiger partial charge in [0.2, 0.25) is 0 Å². The van der Waals surface area contributed by atoms with E-state index in [1.807, 2.05) is 42.5 Å². The molecular formula is C28H22FN5O4. The summed E-state index contributed by atoms with van der Waals surface area (Å²) in [6, 6.07) is 20.3. The van der Waals surface area contributed by atoms with E-state index in [-0.39, 0.29) is 30.2 Å². The Morgan fingerprint density at radius 3 is 2.50 bits per heavy atom. The van der Waals surface area contributed by atoms with E-state index in [0.29, 0.717) is 11.3 Å². The van der Waals surface area contributed by atoms with Crippen LogP contribution in [0.5, 0.6) is 0 Å². The number of hydrogen-bond acceptors (Lipinski definition) is 4. The Morgan fingerprint density at radius 2 is 1.76 bits per heavy atom. The van der Waals surface area contributed by atoms with Gasteiger partial charge in [-0.25, -0.2) is 13.7 Å². The average Bonchev–Trinajstić information content (AvgIpc) is 3.32. The van der Waals surface area contributed by atoms with Crippen molar-refractivity contribution in [2.45, 2.75) is 6.04 Å². The topological polar surface area (TPSA) is 120 Å². The minimum absolute atomic E-state index is 0.0349. The van der Waals surface area contributed by atoms with Crippen LogP contribution in [0.4, 0.5) is 9.18 Å². The highest BCUT2D eigenvalue weighted by Crippen LogP contribution is 2.31. The zero-order valence-electron chi connectivity index (χ0n) is 20.0. The van der Waals surface area contributed by atoms with Gasteiger partial charge in [-0.3, -0.25) is 9.59 Å². The maximum Gasteiger partial charge on any atom is 0.407 e. The van der Waals surface area contributed by atoms with Crippen LogP contribution in [0, 0.1) is 11.7 Å². The molecule has 38 heavy (non-hydrogen) atoms. The number of fused-ring (bicyclic) bond motifs is 2. The summed E-state index contributed by atoms with van der Waals surface area (Å²) >= 11 is 0. The molecule has 1 aliphatic heterocycles. The number of aromatic amines is 1. The van der Waals surface area contributed by atoms with E-state index in [9.17, 15) is 23.9 Å². The molecule has 9 nitrogen and oxygen atoms in total. The lowest BCUT2D eigenvalue weighted by Crippen LogP contribution is -2.54. The Kier molecular flexibility index (Phi) is 5.64. The summed E-state index contributed by atoms with van der Waals surface area (Å²) in [4.78, 5) is 41.5. The summed E-state index contributed by atoms with van der Waals surface area (Å²) in [5.74, 6) is -1.13. The maximum absolute atomic E-state index is 13.5. The quantitative estimate of drug-likeness (QED) is 0.329. The predicted octanol–water partition coefficient (Wildman–Crippen LogP) is 4.06. The minimum atomic E-state index is -1.03. The van der Waals surface area contributed by atoms with Crippen molar-refractivity contribution >= 4 is 28.3 Å². The molecule has 2 amide bonds. The molecule has 0 saturated carbocycles. The molecule has 3 N–H and O–H groups in total. The summed E-state index contributed by atoms with van der Waals surface area (Å²) in [5.41, 5.74) is 1.85. The van der Waals surface area contributed by atoms with Crippen molar-refractivity contribution in [1.29, 1.82) is 0 Å². The van der Waals surface area contributed by atoms with E-state index in [0.717, 1.165) is 16.3 Å². The van der Waals surface area contributed by atoms with E-state index in [4.69, 9.17) is 0 Å². The zero-order valence-corrected chi connectivity index (χ0v) is 20.0. The Morgan fingerprint density at radius 1 is 1.03 bits per heavy atom. The Bertz CT molecular complexity index is 1760. The first kappa shape index (κ1) is 23.4. The molecule has 1 unspecified atom stereocenters. The number of carboxylic acid groups (broad SMARTS) is 1. The molecule has 0 spiro atoms. The van der Waals surface area contributed by atoms with E-state index in [1.165, 1.54) is 27.6 Å². The Hall–Kier alpha value is -4.99. The van der Waals surface area contributed by atoms with Gasteiger partial charge in [-0.2, -0.15) is 5.10 Å². The molecule has 1 atom stereocenters. The predicted molar refractivity (Wildman–Crippen MR) is 138 cm³/mol. The number of carbonyl (C=O) groups excluding carboxylic acids is 1. The molecule has 1 saturated heterocycles. The smallest absolute Gasteiger partial charge is 0.407 e. The van der Waals surface area contributed by atoms with E-state index >= 15 is 0 Å². The van der Waals surface area contributed by atoms with Gasteiger partial charge in [0.05, 0.1) is 17.9 Å². The van der Waals surface area contributed by atoms with E-state index in [1.54, 1.807) is 18.3 Å². The normalized spacial score (nSPS) is 14.4. The molecule has 0 bridgehead atoms. The summed E-state index contributed by atoms with van der Waals surface area (Å²) in [6.45, 7) is 0.467. The summed E-state index contributed by atoms with van der Waals surface area (Å²) in [5, 5.41) is 18.6. The first-order chi connectivity index (χ1) is 18.4. The number of nitrogens with zero attached hydrogens (tertiary/aromatic N) is 3. The van der Waals surface area contributed by atoms with Crippen molar-refractivity contribution in [2.75, 3.05) is 13.1 Å². The van der Waals surface area contributed by atoms with E-state index in [2.05, 4.69) is 15.4 Å². The third-order valence-corrected chi connectivity index (χ3v) is 6.93. The van der Waals surface area contributed by atoms with Crippen LogP contribution in [0.25, 0.3) is 27.5 Å². The van der Waals surface area contributed by atoms with Crippen molar-refractivity contribution in [3.63, 3.8) is 0 Å². The highest BCUT2D eigenvalue weighted by atomic mass is 19.1. The van der Waals surface area contributed by atoms with Crippen molar-refractivity contribution in [3.05, 3.63) is 106 Å². The van der Waals surface area contributed by atoms with Crippen LogP contribution in [0.15, 0.2) is 83.8 Å². The highest BCUT2D eigenvalue weighted by molar-refractivity contribution is 5.94. The molecule has 0 aliphatic carbocycles. The highest BCUT2D eigenvalue weighted by Gasteiger charge is 2.38. The lowest BCUT2D eigenvalue weighted by Gasteiger charge is -2.42. The molecule has 5 aromatic rings. The number of likely N-dealkylation sites (tertiary alicyclic amines) is 1. The second kappa shape index (κ2) is 9.15. The van der Waals surface area contributed by atoms with Crippen molar-refractivity contribution in [3.8, 4) is 11.3 Å². The van der Waals surface area contributed by atoms with Gasteiger partial charge in [-0.05, 0) is 34.5 Å². The van der Waals surface area contributed by atoms with Crippen molar-refractivity contribution < 1.29 is 19.1 Å². The van der Waals surface area contributed by atoms with E-state index < -0.39 is 29.4 Å². The number of rotatable bonds is 5. The van der Waals surface area contributed by atoms with Gasteiger partial charge in [0.1, 0.15) is 11.3 Å². The molecule has 2 aromatic heterocycles. The van der Waals surface area contributed by atoms with Crippen LogP contribution in [0.2, 0.25) is 0 Å². The molecular weight excluding hydrogens is 489 g/mol. The van der Waals surface area contributed by atoms with Crippen LogP contribution in [-0.2, 0) is 0 Å². The van der Waals surface area contributed by atoms with Crippen LogP contribution in [0.3, 0.4) is 0 Å². The van der Waals surface area contributed by atoms with Gasteiger partial charge < -0.3 is 20.3 Å². The molecule has 1 fully saturated rings. The van der Waals surface area contributed by atoms with Crippen molar-refractivity contribution in [1.82, 2.24) is 24.8 Å². The number of nitrogens with one attached hydrogen (secondary N) is 2. The first-order valence-corrected chi connectivity index (χ1v) is 12.0. The fraction of sp³-hybridized carbons (Fsp3) is 0.143. The van der Waals surface area contributed by atoms with Crippen LogP contribution in [-0.4, -0.2) is 49.7 Å². The standard InChI is InChI=1S/C28H22FN5O4/c29-21-9-7-17(8-10-21)25(20-13-33(14-20)28(37)38)31-26(35)22-12-24-27(36)30-23(15-34(24)32-22)19-6-5-16-3-1-2-4-18(16)11-19/h1-12,15,20,25H,13-14H2,(H,30,36)(H,31,35)(H,37,38). The zero-order chi connectivity index (χ0) is 26.4. The number of hydrogen-bond donors (Lipinski definition) is 3. The minimum Gasteiger partial charge on any atom is -0.465 e. The first-order valence-electron chi connectivity index (χ1n) is 12.0. The van der Waals surface area contributed by atoms with Gasteiger partial charge in [0, 0.05) is 30.6 Å². The van der Waals surface area contributed by atoms with Crippen LogP contribution in [0.1, 0.15) is 22.1 Å². The third kappa shape index (κ3) is 4.26. The van der Waals surface area contributed by atoms with Gasteiger partial charge in [-0.1, -0.05) is 48.5 Å². The number of H-pyrrole nitrogens is 1. The molecule has 6 rings (SSSR count). The second-order valence-corrected chi connectivity index (χ2v) is 9.37. The summed E-state index contributed by atoms with van der Waals surface area (Å²) in [6.07, 6.45) is 0.623. The van der Waals surface area contributed by atoms with Crippen LogP contribution < -0.4 is 10.9 Å². The molecule has 190 valence electrons. The summed E-state index contributed by atoms with van der Waals surface area (Å²) < 4.78 is 14.9. The fourth-order valence-electron chi connectivity index (χ4n) is 4.86. The molecule has 1 aliphatic rings. The van der Waals surface area contributed by atoms with Crippen LogP contribution >= 0.6 is 0 Å². The summed E-state index contributed by atoms with van der Waals surface area (Å²) in [7, 11) is 0. The fourth-order valence-corrected chi connectivity index (χ4v) is 4.86. The number of aromatic nitrogens is 3. The second-order valence-electron chi connectivity index (χ2n) is 9.37. The van der Waals surface area contributed by atoms with Gasteiger partial charge >= 0.3 is 6.09 Å². The number of benzene rings is 3. The molecule has 10 heteroatoms. The largest absolute Gasteiger partial charge is 0.465 e. The number of carbonyl (C=O) groups is 2. The lowest BCUT2D eigenvalue weighted by molar-refractivity contribution is 0.0601. The van der Waals surface area contributed by atoms with Gasteiger partial charge in [-0.15, -0.1) is 0 Å². The molecule has 3 heterocycles. The molecule has 0 radical (unpaired) electrons. The number of halogens is 1. The Balaban J connectivity index is 1.30. The molecule has 3 aromatic carbocycles. The number of amides is 2. The van der Waals surface area contributed by atoms with Gasteiger partial charge in [0.15, 0.2) is 5.69 Å². The lowest BCUT2D eigenvalue weighted by atomic mass is 9.87. The third-order valence-electron chi connectivity index (χ3n) is 6.93. The SMILES string of the molecule is O=C(NC(c1ccc(F)cc1)C1CN(C(=O)O)C1)c1cc2c(=O)[nH]c(-c3ccc4ccccc4c3)cn2n1. The average molecular weight is 512 g/mol. The monoisotopic (exact) mass is 511 g/mol. The Labute approximate surface area is 215 Å². The maximum atomic E-state index is 13.5.